The van der Waals surface area contributed by atoms with Crippen LogP contribution in [0, 0.1) is 19.1 Å². The molecule has 4 aromatic carbocycles. The number of aryl methyl sites for hydroxylation is 1. The Balaban J connectivity index is 0.000000187. The Bertz CT molecular complexity index is 2180. The van der Waals surface area contributed by atoms with E-state index < -0.39 is 21.3 Å². The average Bonchev–Trinajstić information content (AvgIpc) is 3.54. The molecule has 8 rings (SSSR count). The van der Waals surface area contributed by atoms with Crippen LogP contribution in [0.5, 0.6) is 0 Å². The van der Waals surface area contributed by atoms with E-state index >= 15 is 0 Å². The van der Waals surface area contributed by atoms with Crippen LogP contribution in [0.1, 0.15) is 5.56 Å². The van der Waals surface area contributed by atoms with Crippen LogP contribution in [0.2, 0.25) is 31.2 Å². The Hall–Kier alpha value is -3.19. The molecule has 0 fully saturated rings. The van der Waals surface area contributed by atoms with Crippen molar-refractivity contribution in [2.45, 2.75) is 38.1 Å². The van der Waals surface area contributed by atoms with Crippen molar-refractivity contribution in [1.82, 2.24) is 9.97 Å². The maximum Gasteiger partial charge on any atom is 0 e. The van der Waals surface area contributed by atoms with Gasteiger partial charge in [0.1, 0.15) is 0 Å². The molecule has 2 nitrogen and oxygen atoms in total. The molecule has 0 saturated carbocycles. The number of rotatable bonds is 3. The molecule has 0 amide bonds. The minimum Gasteiger partial charge on any atom is 0 e. The zero-order valence-electron chi connectivity index (χ0n) is 27.0. The molecule has 0 N–H and O–H groups in total. The van der Waals surface area contributed by atoms with Crippen molar-refractivity contribution in [3.8, 4) is 33.6 Å². The summed E-state index contributed by atoms with van der Waals surface area (Å²) in [6, 6.07) is 41.3. The van der Waals surface area contributed by atoms with E-state index in [0.717, 1.165) is 22.5 Å². The molecule has 1 aliphatic heterocycles. The van der Waals surface area contributed by atoms with Gasteiger partial charge in [-0.1, -0.05) is 31.8 Å². The Kier molecular flexibility index (Phi) is 9.10. The minimum atomic E-state index is -2.23. The topological polar surface area (TPSA) is 25.8 Å². The molecule has 7 aromatic rings. The summed E-state index contributed by atoms with van der Waals surface area (Å²) in [7, 11) is -1.23. The number of fused-ring (bicyclic) bond motifs is 7. The first-order valence-electron chi connectivity index (χ1n) is 15.5. The SMILES string of the molecule is C[Si](C)(C)c1ccc(-c2[c-]cccc2)nc1.Cc1ccnc(-c2[c-]ccc3c2sc2c4[c](ccc23)[Ge]([CH3])([CH3])[c]2ccccc2-4)c1.[Ir]. The van der Waals surface area contributed by atoms with E-state index in [-0.39, 0.29) is 20.1 Å². The summed E-state index contributed by atoms with van der Waals surface area (Å²) in [6.07, 6.45) is 3.91. The van der Waals surface area contributed by atoms with Crippen LogP contribution < -0.4 is 14.0 Å². The van der Waals surface area contributed by atoms with E-state index in [9.17, 15) is 0 Å². The molecule has 46 heavy (non-hydrogen) atoms. The van der Waals surface area contributed by atoms with Crippen LogP contribution in [0.3, 0.4) is 0 Å². The van der Waals surface area contributed by atoms with Crippen molar-refractivity contribution in [2.24, 2.45) is 0 Å². The van der Waals surface area contributed by atoms with Gasteiger partial charge >= 0.3 is 178 Å². The van der Waals surface area contributed by atoms with E-state index in [1.54, 1.807) is 8.79 Å². The Morgan fingerprint density at radius 3 is 2.22 bits per heavy atom. The smallest absolute Gasteiger partial charge is 0 e. The summed E-state index contributed by atoms with van der Waals surface area (Å²) >= 11 is -0.316. The van der Waals surface area contributed by atoms with Crippen LogP contribution >= 0.6 is 11.3 Å². The molecule has 0 bridgehead atoms. The Morgan fingerprint density at radius 2 is 1.50 bits per heavy atom. The first-order valence-corrected chi connectivity index (χ1v) is 26.1. The van der Waals surface area contributed by atoms with E-state index in [1.807, 2.05) is 54.1 Å². The molecule has 0 atom stereocenters. The van der Waals surface area contributed by atoms with Gasteiger partial charge in [-0.3, -0.25) is 0 Å². The van der Waals surface area contributed by atoms with Gasteiger partial charge in [0.15, 0.2) is 0 Å². The molecule has 0 spiro atoms. The fourth-order valence-corrected chi connectivity index (χ4v) is 15.4. The first kappa shape index (κ1) is 32.7. The van der Waals surface area contributed by atoms with Crippen LogP contribution in [0.4, 0.5) is 0 Å². The second-order valence-electron chi connectivity index (χ2n) is 13.4. The van der Waals surface area contributed by atoms with Crippen LogP contribution in [-0.4, -0.2) is 31.3 Å². The minimum absolute atomic E-state index is 0. The predicted octanol–water partition coefficient (Wildman–Crippen LogP) is 9.12. The van der Waals surface area contributed by atoms with Gasteiger partial charge in [-0.2, -0.15) is 0 Å². The number of thiophene rings is 1. The van der Waals surface area contributed by atoms with Crippen LogP contribution in [-0.2, 0) is 20.1 Å². The van der Waals surface area contributed by atoms with Gasteiger partial charge in [0.05, 0.1) is 8.07 Å². The molecule has 1 aliphatic rings. The van der Waals surface area contributed by atoms with Crippen molar-refractivity contribution in [3.05, 3.63) is 127 Å². The summed E-state index contributed by atoms with van der Waals surface area (Å²) in [5, 5.41) is 4.08. The normalized spacial score (nSPS) is 13.0. The first-order chi connectivity index (χ1) is 21.6. The molecule has 4 heterocycles. The molecule has 0 aliphatic carbocycles. The van der Waals surface area contributed by atoms with Gasteiger partial charge in [-0.25, -0.2) is 0 Å². The zero-order valence-corrected chi connectivity index (χ0v) is 33.3. The largest absolute Gasteiger partial charge is 0 e. The number of hydrogen-bond donors (Lipinski definition) is 0. The summed E-state index contributed by atoms with van der Waals surface area (Å²) in [5.74, 6) is 5.05. The van der Waals surface area contributed by atoms with Gasteiger partial charge in [-0.15, -0.1) is 35.9 Å². The second kappa shape index (κ2) is 12.8. The van der Waals surface area contributed by atoms with Gasteiger partial charge < -0.3 is 4.98 Å². The van der Waals surface area contributed by atoms with Gasteiger partial charge in [-0.05, 0) is 10.9 Å². The maximum atomic E-state index is 4.65. The summed E-state index contributed by atoms with van der Waals surface area (Å²) < 4.78 is 5.95. The van der Waals surface area contributed by atoms with Crippen molar-refractivity contribution in [2.75, 3.05) is 0 Å². The standard InChI is InChI=1S/C26H20GeNS.C14H16NSi.Ir/c1-16-13-14-28-23(15-16)20-9-6-8-17-18-11-12-22-24(26(18)29-25(17)20)19-7-4-5-10-21(19)27(22,2)3;1-16(2,3)13-9-10-14(15-11-13)12-7-5-4-6-8-12;/h4-8,10-15H,1-3H3;4-7,9-11H,1-3H3;/q2*-1;. The van der Waals surface area contributed by atoms with Crippen LogP contribution in [0.25, 0.3) is 53.8 Å². The Morgan fingerprint density at radius 1 is 0.717 bits per heavy atom. The fourth-order valence-electron chi connectivity index (χ4n) is 6.40. The summed E-state index contributed by atoms with van der Waals surface area (Å²) in [6.45, 7) is 9.11. The van der Waals surface area contributed by atoms with E-state index in [4.69, 9.17) is 0 Å². The molecular weight excluding hydrogens is 833 g/mol. The molecule has 0 unspecified atom stereocenters. The third kappa shape index (κ3) is 5.89. The summed E-state index contributed by atoms with van der Waals surface area (Å²) in [4.78, 5) is 9.17. The average molecular weight is 870 g/mol. The second-order valence-corrected chi connectivity index (χ2v) is 28.6. The van der Waals surface area contributed by atoms with Crippen molar-refractivity contribution in [1.29, 1.82) is 0 Å². The van der Waals surface area contributed by atoms with Crippen LogP contribution in [0.15, 0.2) is 109 Å². The number of nitrogens with zero attached hydrogens (tertiary/aromatic N) is 2. The molecule has 231 valence electrons. The van der Waals surface area contributed by atoms with Gasteiger partial charge in [0.25, 0.3) is 0 Å². The van der Waals surface area contributed by atoms with E-state index in [0.29, 0.717) is 0 Å². The molecular formula is C40H36GeIrN2SSi-2. The van der Waals surface area contributed by atoms with Crippen molar-refractivity contribution in [3.63, 3.8) is 0 Å². The third-order valence-corrected chi connectivity index (χ3v) is 19.7. The van der Waals surface area contributed by atoms with E-state index in [1.165, 1.54) is 42.0 Å². The predicted molar refractivity (Wildman–Crippen MR) is 200 cm³/mol. The van der Waals surface area contributed by atoms with Gasteiger partial charge in [0.2, 0.25) is 0 Å². The molecule has 1 radical (unpaired) electrons. The fraction of sp³-hybridized carbons (Fsp3) is 0.150. The third-order valence-electron chi connectivity index (χ3n) is 8.93. The molecule has 6 heteroatoms. The zero-order chi connectivity index (χ0) is 31.3. The molecule has 3 aromatic heterocycles. The number of benzene rings is 4. The van der Waals surface area contributed by atoms with Gasteiger partial charge in [0, 0.05) is 26.3 Å². The van der Waals surface area contributed by atoms with E-state index in [2.05, 4.69) is 127 Å². The quantitative estimate of drug-likeness (QED) is 0.131. The Labute approximate surface area is 293 Å². The number of aromatic nitrogens is 2. The van der Waals surface area contributed by atoms with Crippen molar-refractivity contribution < 1.29 is 20.1 Å². The monoisotopic (exact) mass is 871 g/mol. The molecule has 0 saturated heterocycles. The summed E-state index contributed by atoms with van der Waals surface area (Å²) in [5.41, 5.74) is 8.38. The number of pyridine rings is 2. The number of hydrogen-bond acceptors (Lipinski definition) is 3. The maximum absolute atomic E-state index is 4.65. The van der Waals surface area contributed by atoms with Crippen molar-refractivity contribution >= 4 is 66.8 Å².